The van der Waals surface area contributed by atoms with Crippen LogP contribution in [0.2, 0.25) is 0 Å². The number of hydrogen-bond donors (Lipinski definition) is 0. The van der Waals surface area contributed by atoms with Crippen LogP contribution < -0.4 is 0 Å². The standard InChI is InChI=1S/C43H29N5/c1-3-14-42-36(10-1)37-11-2-4-15-43(37)48(42)35-22-18-31(19-23-35)39-13-5-12-38(46-39)30-16-20-34(21-17-30)47-40(32-8-6-26-44-28-32)24-25-41(47)33-9-7-27-45-29-33/h1-29H. The molecule has 9 aromatic rings. The smallest absolute Gasteiger partial charge is 0.0709 e. The van der Waals surface area contributed by atoms with Crippen molar-refractivity contribution in [2.75, 3.05) is 0 Å². The van der Waals surface area contributed by atoms with Crippen LogP contribution in [0.3, 0.4) is 0 Å². The van der Waals surface area contributed by atoms with E-state index in [2.05, 4.69) is 159 Å². The molecule has 226 valence electrons. The molecule has 0 bridgehead atoms. The Labute approximate surface area is 278 Å². The fraction of sp³-hybridized carbons (Fsp3) is 0. The molecule has 0 saturated heterocycles. The summed E-state index contributed by atoms with van der Waals surface area (Å²) in [6, 6.07) is 53.1. The molecule has 0 N–H and O–H groups in total. The molecule has 5 nitrogen and oxygen atoms in total. The van der Waals surface area contributed by atoms with Crippen LogP contribution in [0, 0.1) is 0 Å². The molecule has 5 heterocycles. The van der Waals surface area contributed by atoms with Crippen molar-refractivity contribution in [3.8, 4) is 56.4 Å². The first kappa shape index (κ1) is 27.7. The summed E-state index contributed by atoms with van der Waals surface area (Å²) in [6.45, 7) is 0. The quantitative estimate of drug-likeness (QED) is 0.187. The topological polar surface area (TPSA) is 48.5 Å². The van der Waals surface area contributed by atoms with E-state index in [0.29, 0.717) is 0 Å². The van der Waals surface area contributed by atoms with Gasteiger partial charge in [0, 0.05) is 69.2 Å². The highest BCUT2D eigenvalue weighted by Gasteiger charge is 2.15. The number of hydrogen-bond acceptors (Lipinski definition) is 3. The van der Waals surface area contributed by atoms with Gasteiger partial charge in [-0.1, -0.05) is 66.7 Å². The summed E-state index contributed by atoms with van der Waals surface area (Å²) in [5.74, 6) is 0. The molecule has 5 heteroatoms. The average molecular weight is 616 g/mol. The minimum Gasteiger partial charge on any atom is -0.309 e. The maximum atomic E-state index is 5.10. The van der Waals surface area contributed by atoms with Crippen molar-refractivity contribution < 1.29 is 0 Å². The van der Waals surface area contributed by atoms with E-state index in [1.165, 1.54) is 21.8 Å². The molecule has 9 rings (SSSR count). The molecule has 0 unspecified atom stereocenters. The maximum absolute atomic E-state index is 5.10. The number of benzene rings is 4. The number of nitrogens with zero attached hydrogens (tertiary/aromatic N) is 5. The van der Waals surface area contributed by atoms with Crippen molar-refractivity contribution >= 4 is 21.8 Å². The van der Waals surface area contributed by atoms with Gasteiger partial charge in [-0.15, -0.1) is 0 Å². The molecule has 5 aromatic heterocycles. The molecule has 0 aliphatic carbocycles. The van der Waals surface area contributed by atoms with Crippen LogP contribution in [0.4, 0.5) is 0 Å². The molecule has 0 saturated carbocycles. The van der Waals surface area contributed by atoms with Crippen LogP contribution in [0.25, 0.3) is 78.2 Å². The summed E-state index contributed by atoms with van der Waals surface area (Å²) in [5.41, 5.74) is 12.8. The van der Waals surface area contributed by atoms with Gasteiger partial charge in [-0.2, -0.15) is 0 Å². The van der Waals surface area contributed by atoms with E-state index in [-0.39, 0.29) is 0 Å². The van der Waals surface area contributed by atoms with Gasteiger partial charge in [0.05, 0.1) is 33.8 Å². The predicted octanol–water partition coefficient (Wildman–Crippen LogP) is 10.4. The van der Waals surface area contributed by atoms with Crippen LogP contribution in [-0.4, -0.2) is 24.1 Å². The van der Waals surface area contributed by atoms with E-state index in [9.17, 15) is 0 Å². The fourth-order valence-corrected chi connectivity index (χ4v) is 6.71. The van der Waals surface area contributed by atoms with Crippen LogP contribution in [0.15, 0.2) is 176 Å². The molecule has 0 fully saturated rings. The lowest BCUT2D eigenvalue weighted by molar-refractivity contribution is 1.09. The molecular formula is C43H29N5. The second-order valence-electron chi connectivity index (χ2n) is 11.8. The Kier molecular flexibility index (Phi) is 6.72. The summed E-state index contributed by atoms with van der Waals surface area (Å²) in [5, 5.41) is 2.52. The average Bonchev–Trinajstić information content (AvgIpc) is 3.76. The highest BCUT2D eigenvalue weighted by Crippen LogP contribution is 2.34. The number of pyridine rings is 3. The Morgan fingerprint density at radius 3 is 1.31 bits per heavy atom. The molecule has 0 amide bonds. The highest BCUT2D eigenvalue weighted by atomic mass is 15.0. The predicted molar refractivity (Wildman–Crippen MR) is 195 cm³/mol. The third-order valence-electron chi connectivity index (χ3n) is 8.97. The summed E-state index contributed by atoms with van der Waals surface area (Å²) in [7, 11) is 0. The Morgan fingerprint density at radius 1 is 0.354 bits per heavy atom. The van der Waals surface area contributed by atoms with Gasteiger partial charge in [-0.25, -0.2) is 4.98 Å². The summed E-state index contributed by atoms with van der Waals surface area (Å²) in [6.07, 6.45) is 7.40. The lowest BCUT2D eigenvalue weighted by atomic mass is 10.1. The largest absolute Gasteiger partial charge is 0.309 e. The second-order valence-corrected chi connectivity index (χ2v) is 11.8. The van der Waals surface area contributed by atoms with E-state index in [1.807, 2.05) is 24.5 Å². The SMILES string of the molecule is c1cncc(-c2ccc(-c3cccnc3)n2-c2ccc(-c3cccc(-c4ccc(-n5c6ccccc6c6ccccc65)cc4)n3)cc2)c1. The molecule has 0 spiro atoms. The second kappa shape index (κ2) is 11.6. The van der Waals surface area contributed by atoms with Crippen molar-refractivity contribution in [2.45, 2.75) is 0 Å². The summed E-state index contributed by atoms with van der Waals surface area (Å²) >= 11 is 0. The van der Waals surface area contributed by atoms with Gasteiger partial charge in [0.15, 0.2) is 0 Å². The number of rotatable bonds is 6. The van der Waals surface area contributed by atoms with Gasteiger partial charge in [0.1, 0.15) is 0 Å². The van der Waals surface area contributed by atoms with Crippen LogP contribution in [-0.2, 0) is 0 Å². The monoisotopic (exact) mass is 615 g/mol. The minimum atomic E-state index is 0.929. The fourth-order valence-electron chi connectivity index (χ4n) is 6.71. The molecule has 4 aromatic carbocycles. The van der Waals surface area contributed by atoms with Crippen molar-refractivity contribution in [1.82, 2.24) is 24.1 Å². The molecule has 0 atom stereocenters. The van der Waals surface area contributed by atoms with Gasteiger partial charge in [-0.3, -0.25) is 9.97 Å². The van der Waals surface area contributed by atoms with Crippen LogP contribution >= 0.6 is 0 Å². The lowest BCUT2D eigenvalue weighted by Crippen LogP contribution is -2.00. The van der Waals surface area contributed by atoms with Crippen LogP contribution in [0.1, 0.15) is 0 Å². The first-order chi connectivity index (χ1) is 23.8. The molecule has 0 aliphatic heterocycles. The highest BCUT2D eigenvalue weighted by molar-refractivity contribution is 6.09. The summed E-state index contributed by atoms with van der Waals surface area (Å²) in [4.78, 5) is 13.8. The first-order valence-electron chi connectivity index (χ1n) is 16.0. The summed E-state index contributed by atoms with van der Waals surface area (Å²) < 4.78 is 4.60. The Balaban J connectivity index is 1.05. The lowest BCUT2D eigenvalue weighted by Gasteiger charge is -2.15. The number of fused-ring (bicyclic) bond motifs is 3. The molecule has 0 radical (unpaired) electrons. The molecule has 0 aliphatic rings. The van der Waals surface area contributed by atoms with E-state index < -0.39 is 0 Å². The van der Waals surface area contributed by atoms with Crippen molar-refractivity contribution in [3.05, 3.63) is 176 Å². The van der Waals surface area contributed by atoms with Gasteiger partial charge in [0.25, 0.3) is 0 Å². The Morgan fingerprint density at radius 2 is 0.833 bits per heavy atom. The van der Waals surface area contributed by atoms with Crippen molar-refractivity contribution in [2.24, 2.45) is 0 Å². The Hall–Kier alpha value is -6.59. The van der Waals surface area contributed by atoms with Gasteiger partial charge in [0.2, 0.25) is 0 Å². The number of para-hydroxylation sites is 2. The number of aromatic nitrogens is 5. The maximum Gasteiger partial charge on any atom is 0.0709 e. The third kappa shape index (κ3) is 4.77. The van der Waals surface area contributed by atoms with Gasteiger partial charge in [-0.05, 0) is 84.9 Å². The van der Waals surface area contributed by atoms with E-state index >= 15 is 0 Å². The van der Waals surface area contributed by atoms with E-state index in [4.69, 9.17) is 4.98 Å². The minimum absolute atomic E-state index is 0.929. The van der Waals surface area contributed by atoms with Crippen molar-refractivity contribution in [3.63, 3.8) is 0 Å². The zero-order chi connectivity index (χ0) is 31.9. The van der Waals surface area contributed by atoms with Gasteiger partial charge >= 0.3 is 0 Å². The first-order valence-corrected chi connectivity index (χ1v) is 16.0. The zero-order valence-electron chi connectivity index (χ0n) is 26.0. The van der Waals surface area contributed by atoms with Gasteiger partial charge < -0.3 is 9.13 Å². The van der Waals surface area contributed by atoms with E-state index in [0.717, 1.165) is 56.4 Å². The van der Waals surface area contributed by atoms with Crippen LogP contribution in [0.5, 0.6) is 0 Å². The zero-order valence-corrected chi connectivity index (χ0v) is 26.0. The third-order valence-corrected chi connectivity index (χ3v) is 8.97. The van der Waals surface area contributed by atoms with E-state index in [1.54, 1.807) is 12.4 Å². The normalized spacial score (nSPS) is 11.3. The Bertz CT molecular complexity index is 2420. The van der Waals surface area contributed by atoms with Crippen molar-refractivity contribution in [1.29, 1.82) is 0 Å². The molecule has 48 heavy (non-hydrogen) atoms. The molecular weight excluding hydrogens is 587 g/mol.